The van der Waals surface area contributed by atoms with Crippen molar-refractivity contribution in [2.24, 2.45) is 5.73 Å². The van der Waals surface area contributed by atoms with Crippen molar-refractivity contribution in [2.75, 3.05) is 5.32 Å². The van der Waals surface area contributed by atoms with Crippen molar-refractivity contribution < 1.29 is 0 Å². The minimum atomic E-state index is 0.328. The van der Waals surface area contributed by atoms with Crippen molar-refractivity contribution in [3.05, 3.63) is 58.7 Å². The van der Waals surface area contributed by atoms with Crippen LogP contribution in [0, 0.1) is 0 Å². The number of hydrogen-bond acceptors (Lipinski definition) is 3. The molecule has 1 fully saturated rings. The lowest BCUT2D eigenvalue weighted by Gasteiger charge is -2.06. The smallest absolute Gasteiger partial charge is 0.126 e. The second kappa shape index (κ2) is 5.19. The summed E-state index contributed by atoms with van der Waals surface area (Å²) < 4.78 is 0. The zero-order valence-electron chi connectivity index (χ0n) is 10.5. The van der Waals surface area contributed by atoms with Gasteiger partial charge in [0.05, 0.1) is 0 Å². The van der Waals surface area contributed by atoms with Gasteiger partial charge in [-0.3, -0.25) is 0 Å². The number of pyridine rings is 1. The number of halogens is 1. The summed E-state index contributed by atoms with van der Waals surface area (Å²) in [5.41, 5.74) is 8.25. The third-order valence-corrected chi connectivity index (χ3v) is 3.69. The molecular formula is C15H16ClN3. The molecule has 0 saturated heterocycles. The predicted molar refractivity (Wildman–Crippen MR) is 78.3 cm³/mol. The van der Waals surface area contributed by atoms with Gasteiger partial charge in [-0.15, -0.1) is 0 Å². The van der Waals surface area contributed by atoms with Crippen molar-refractivity contribution in [3.63, 3.8) is 0 Å². The first-order chi connectivity index (χ1) is 9.22. The number of nitrogens with two attached hydrogens (primary N) is 1. The van der Waals surface area contributed by atoms with Gasteiger partial charge in [-0.2, -0.15) is 0 Å². The SMILES string of the molecule is N[C@@H]1C[C@H]1c1ccc(NCc2ccc(Cl)cc2)nc1. The van der Waals surface area contributed by atoms with Crippen LogP contribution in [0.25, 0.3) is 0 Å². The summed E-state index contributed by atoms with van der Waals surface area (Å²) in [5, 5.41) is 4.05. The average Bonchev–Trinajstić information content (AvgIpc) is 3.16. The number of aromatic nitrogens is 1. The highest BCUT2D eigenvalue weighted by Gasteiger charge is 2.34. The molecule has 4 heteroatoms. The summed E-state index contributed by atoms with van der Waals surface area (Å²) in [6.07, 6.45) is 3.00. The number of nitrogens with one attached hydrogen (secondary N) is 1. The molecule has 1 aliphatic rings. The van der Waals surface area contributed by atoms with Gasteiger partial charge in [0, 0.05) is 29.7 Å². The highest BCUT2D eigenvalue weighted by Crippen LogP contribution is 2.38. The van der Waals surface area contributed by atoms with Crippen molar-refractivity contribution in [1.82, 2.24) is 4.98 Å². The fourth-order valence-electron chi connectivity index (χ4n) is 2.12. The van der Waals surface area contributed by atoms with E-state index < -0.39 is 0 Å². The first-order valence-electron chi connectivity index (χ1n) is 6.42. The van der Waals surface area contributed by atoms with Crippen molar-refractivity contribution in [3.8, 4) is 0 Å². The van der Waals surface area contributed by atoms with E-state index in [2.05, 4.69) is 16.4 Å². The molecule has 0 bridgehead atoms. The van der Waals surface area contributed by atoms with Gasteiger partial charge in [-0.05, 0) is 35.7 Å². The third-order valence-electron chi connectivity index (χ3n) is 3.44. The van der Waals surface area contributed by atoms with E-state index in [9.17, 15) is 0 Å². The maximum absolute atomic E-state index is 5.85. The van der Waals surface area contributed by atoms with E-state index in [1.54, 1.807) is 0 Å². The van der Waals surface area contributed by atoms with Crippen LogP contribution in [-0.4, -0.2) is 11.0 Å². The van der Waals surface area contributed by atoms with E-state index in [1.165, 1.54) is 11.1 Å². The normalized spacial score (nSPS) is 21.2. The molecule has 1 heterocycles. The molecule has 1 aromatic heterocycles. The van der Waals surface area contributed by atoms with Gasteiger partial charge in [0.25, 0.3) is 0 Å². The highest BCUT2D eigenvalue weighted by atomic mass is 35.5. The maximum Gasteiger partial charge on any atom is 0.126 e. The summed E-state index contributed by atoms with van der Waals surface area (Å²) in [6.45, 7) is 0.743. The molecule has 2 aromatic rings. The quantitative estimate of drug-likeness (QED) is 0.900. The van der Waals surface area contributed by atoms with Gasteiger partial charge in [-0.25, -0.2) is 4.98 Å². The van der Waals surface area contributed by atoms with Crippen LogP contribution >= 0.6 is 11.6 Å². The van der Waals surface area contributed by atoms with Crippen molar-refractivity contribution >= 4 is 17.4 Å². The molecule has 0 unspecified atom stereocenters. The Morgan fingerprint density at radius 2 is 1.95 bits per heavy atom. The fourth-order valence-corrected chi connectivity index (χ4v) is 2.25. The molecule has 2 atom stereocenters. The van der Waals surface area contributed by atoms with E-state index in [4.69, 9.17) is 17.3 Å². The van der Waals surface area contributed by atoms with E-state index >= 15 is 0 Å². The molecule has 0 aliphatic heterocycles. The summed E-state index contributed by atoms with van der Waals surface area (Å²) in [7, 11) is 0. The number of nitrogens with zero attached hydrogens (tertiary/aromatic N) is 1. The van der Waals surface area contributed by atoms with Crippen LogP contribution in [0.4, 0.5) is 5.82 Å². The van der Waals surface area contributed by atoms with E-state index in [0.717, 1.165) is 23.8 Å². The Bertz CT molecular complexity index is 551. The predicted octanol–water partition coefficient (Wildman–Crippen LogP) is 3.16. The molecule has 3 rings (SSSR count). The minimum Gasteiger partial charge on any atom is -0.366 e. The number of anilines is 1. The molecule has 0 amide bonds. The molecule has 1 aliphatic carbocycles. The van der Waals surface area contributed by atoms with Gasteiger partial charge in [-0.1, -0.05) is 29.8 Å². The van der Waals surface area contributed by atoms with E-state index in [1.807, 2.05) is 36.5 Å². The second-order valence-electron chi connectivity index (χ2n) is 4.96. The number of benzene rings is 1. The first-order valence-corrected chi connectivity index (χ1v) is 6.80. The van der Waals surface area contributed by atoms with Crippen LogP contribution in [0.1, 0.15) is 23.5 Å². The van der Waals surface area contributed by atoms with Gasteiger partial charge in [0.15, 0.2) is 0 Å². The third kappa shape index (κ3) is 3.06. The summed E-state index contributed by atoms with van der Waals surface area (Å²) in [5.74, 6) is 1.39. The van der Waals surface area contributed by atoms with Gasteiger partial charge >= 0.3 is 0 Å². The van der Waals surface area contributed by atoms with Crippen LogP contribution in [0.2, 0.25) is 5.02 Å². The Kier molecular flexibility index (Phi) is 3.40. The molecular weight excluding hydrogens is 258 g/mol. The van der Waals surface area contributed by atoms with Gasteiger partial charge < -0.3 is 11.1 Å². The summed E-state index contributed by atoms with van der Waals surface area (Å²) in [4.78, 5) is 4.41. The standard InChI is InChI=1S/C15H16ClN3/c16-12-4-1-10(2-5-12)8-18-15-6-3-11(9-19-15)13-7-14(13)17/h1-6,9,13-14H,7-8,17H2,(H,18,19)/t13-,14+/m0/s1. The molecule has 98 valence electrons. The Labute approximate surface area is 117 Å². The number of rotatable bonds is 4. The molecule has 1 saturated carbocycles. The summed E-state index contributed by atoms with van der Waals surface area (Å²) in [6, 6.07) is 12.2. The van der Waals surface area contributed by atoms with Crippen LogP contribution in [-0.2, 0) is 6.54 Å². The largest absolute Gasteiger partial charge is 0.366 e. The van der Waals surface area contributed by atoms with E-state index in [0.29, 0.717) is 12.0 Å². The average molecular weight is 274 g/mol. The van der Waals surface area contributed by atoms with Crippen LogP contribution in [0.3, 0.4) is 0 Å². The van der Waals surface area contributed by atoms with Gasteiger partial charge in [0.2, 0.25) is 0 Å². The maximum atomic E-state index is 5.85. The summed E-state index contributed by atoms with van der Waals surface area (Å²) >= 11 is 5.85. The van der Waals surface area contributed by atoms with Crippen LogP contribution < -0.4 is 11.1 Å². The fraction of sp³-hybridized carbons (Fsp3) is 0.267. The Balaban J connectivity index is 1.59. The van der Waals surface area contributed by atoms with Crippen LogP contribution in [0.15, 0.2) is 42.6 Å². The minimum absolute atomic E-state index is 0.328. The zero-order chi connectivity index (χ0) is 13.2. The topological polar surface area (TPSA) is 50.9 Å². The Hall–Kier alpha value is -1.58. The van der Waals surface area contributed by atoms with Crippen molar-refractivity contribution in [2.45, 2.75) is 24.9 Å². The lowest BCUT2D eigenvalue weighted by atomic mass is 10.2. The Morgan fingerprint density at radius 1 is 1.21 bits per heavy atom. The lowest BCUT2D eigenvalue weighted by molar-refractivity contribution is 0.978. The van der Waals surface area contributed by atoms with Crippen LogP contribution in [0.5, 0.6) is 0 Å². The molecule has 3 nitrogen and oxygen atoms in total. The molecule has 3 N–H and O–H groups in total. The highest BCUT2D eigenvalue weighted by molar-refractivity contribution is 6.30. The molecule has 1 aromatic carbocycles. The van der Waals surface area contributed by atoms with Gasteiger partial charge in [0.1, 0.15) is 5.82 Å². The second-order valence-corrected chi connectivity index (χ2v) is 5.40. The number of hydrogen-bond donors (Lipinski definition) is 2. The first kappa shape index (κ1) is 12.5. The Morgan fingerprint density at radius 3 is 2.53 bits per heavy atom. The van der Waals surface area contributed by atoms with Crippen molar-refractivity contribution in [1.29, 1.82) is 0 Å². The molecule has 19 heavy (non-hydrogen) atoms. The zero-order valence-corrected chi connectivity index (χ0v) is 11.3. The lowest BCUT2D eigenvalue weighted by Crippen LogP contribution is -2.03. The van der Waals surface area contributed by atoms with E-state index in [-0.39, 0.29) is 0 Å². The molecule has 0 radical (unpaired) electrons. The molecule has 0 spiro atoms. The monoisotopic (exact) mass is 273 g/mol.